The maximum absolute atomic E-state index is 13.1. The van der Waals surface area contributed by atoms with Crippen LogP contribution in [0.4, 0.5) is 0 Å². The van der Waals surface area contributed by atoms with Crippen molar-refractivity contribution < 1.29 is 23.7 Å². The largest absolute Gasteiger partial charge is 0.623 e. The SMILES string of the molecule is COC(=O)[C@H](/[N+]([O-])=C/c1ccccc1)C1(C2CC2)OC(C)(C)C(C)(C)O1. The van der Waals surface area contributed by atoms with Gasteiger partial charge in [-0.05, 0) is 52.7 Å². The second kappa shape index (κ2) is 6.35. The number of esters is 1. The summed E-state index contributed by atoms with van der Waals surface area (Å²) in [6, 6.07) is 7.89. The summed E-state index contributed by atoms with van der Waals surface area (Å²) in [6.07, 6.45) is 3.08. The molecule has 1 saturated carbocycles. The van der Waals surface area contributed by atoms with Crippen molar-refractivity contribution in [3.8, 4) is 0 Å². The van der Waals surface area contributed by atoms with Gasteiger partial charge in [0.25, 0.3) is 0 Å². The Kier molecular flexibility index (Phi) is 4.61. The lowest BCUT2D eigenvalue weighted by Gasteiger charge is -2.33. The first-order chi connectivity index (χ1) is 12.1. The lowest BCUT2D eigenvalue weighted by atomic mass is 9.90. The number of rotatable bonds is 5. The van der Waals surface area contributed by atoms with E-state index in [2.05, 4.69) is 0 Å². The highest BCUT2D eigenvalue weighted by atomic mass is 16.8. The Bertz CT molecular complexity index is 690. The maximum atomic E-state index is 13.1. The Balaban J connectivity index is 2.06. The van der Waals surface area contributed by atoms with Crippen molar-refractivity contribution in [1.29, 1.82) is 0 Å². The quantitative estimate of drug-likeness (QED) is 0.265. The van der Waals surface area contributed by atoms with Crippen LogP contribution in [0.25, 0.3) is 0 Å². The molecule has 3 rings (SSSR count). The zero-order chi connectivity index (χ0) is 19.2. The molecular weight excluding hydrogens is 334 g/mol. The van der Waals surface area contributed by atoms with Crippen LogP contribution < -0.4 is 0 Å². The van der Waals surface area contributed by atoms with Crippen molar-refractivity contribution in [2.75, 3.05) is 7.11 Å². The summed E-state index contributed by atoms with van der Waals surface area (Å²) in [4.78, 5) is 12.6. The summed E-state index contributed by atoms with van der Waals surface area (Å²) < 4.78 is 18.3. The van der Waals surface area contributed by atoms with Gasteiger partial charge in [-0.15, -0.1) is 0 Å². The number of methoxy groups -OCH3 is 1. The minimum atomic E-state index is -1.33. The van der Waals surface area contributed by atoms with Gasteiger partial charge in [-0.1, -0.05) is 18.2 Å². The van der Waals surface area contributed by atoms with Crippen LogP contribution in [0.15, 0.2) is 30.3 Å². The molecule has 26 heavy (non-hydrogen) atoms. The third-order valence-electron chi connectivity index (χ3n) is 5.56. The predicted molar refractivity (Wildman–Crippen MR) is 96.8 cm³/mol. The number of hydroxylamine groups is 1. The zero-order valence-electron chi connectivity index (χ0n) is 16.0. The van der Waals surface area contributed by atoms with E-state index in [0.29, 0.717) is 10.3 Å². The summed E-state index contributed by atoms with van der Waals surface area (Å²) in [6.45, 7) is 7.67. The van der Waals surface area contributed by atoms with E-state index in [9.17, 15) is 10.0 Å². The Morgan fingerprint density at radius 3 is 2.19 bits per heavy atom. The van der Waals surface area contributed by atoms with E-state index in [1.165, 1.54) is 13.3 Å². The van der Waals surface area contributed by atoms with Gasteiger partial charge in [0.1, 0.15) is 0 Å². The molecule has 0 N–H and O–H groups in total. The molecule has 0 unspecified atom stereocenters. The first-order valence-electron chi connectivity index (χ1n) is 8.96. The van der Waals surface area contributed by atoms with Crippen molar-refractivity contribution in [2.24, 2.45) is 5.92 Å². The second-order valence-corrected chi connectivity index (χ2v) is 8.05. The highest BCUT2D eigenvalue weighted by Crippen LogP contribution is 2.56. The minimum absolute atomic E-state index is 0.0201. The van der Waals surface area contributed by atoms with E-state index in [0.717, 1.165) is 12.8 Å². The molecule has 2 aliphatic rings. The first-order valence-corrected chi connectivity index (χ1v) is 8.96. The molecule has 2 fully saturated rings. The number of benzene rings is 1. The van der Waals surface area contributed by atoms with Crippen LogP contribution >= 0.6 is 0 Å². The molecule has 0 radical (unpaired) electrons. The molecule has 6 nitrogen and oxygen atoms in total. The van der Waals surface area contributed by atoms with Gasteiger partial charge < -0.3 is 19.4 Å². The number of nitrogens with zero attached hydrogens (tertiary/aromatic N) is 1. The third-order valence-corrected chi connectivity index (χ3v) is 5.56. The number of carbonyl (C=O) groups excluding carboxylic acids is 1. The number of ether oxygens (including phenoxy) is 3. The highest BCUT2D eigenvalue weighted by molar-refractivity contribution is 5.80. The number of hydrogen-bond acceptors (Lipinski definition) is 5. The van der Waals surface area contributed by atoms with Gasteiger partial charge in [-0.25, -0.2) is 4.79 Å². The average Bonchev–Trinajstić information content (AvgIpc) is 3.37. The van der Waals surface area contributed by atoms with Gasteiger partial charge in [0.2, 0.25) is 5.79 Å². The minimum Gasteiger partial charge on any atom is -0.623 e. The summed E-state index contributed by atoms with van der Waals surface area (Å²) in [5.41, 5.74) is -0.621. The molecule has 1 heterocycles. The lowest BCUT2D eigenvalue weighted by molar-refractivity contribution is -0.531. The lowest BCUT2D eigenvalue weighted by Crippen LogP contribution is -2.56. The van der Waals surface area contributed by atoms with E-state index in [1.807, 2.05) is 45.9 Å². The second-order valence-electron chi connectivity index (χ2n) is 8.05. The Hall–Kier alpha value is -1.92. The molecule has 0 amide bonds. The summed E-state index contributed by atoms with van der Waals surface area (Å²) >= 11 is 0. The molecule has 0 spiro atoms. The van der Waals surface area contributed by atoms with Gasteiger partial charge in [0, 0.05) is 11.5 Å². The smallest absolute Gasteiger partial charge is 0.382 e. The highest BCUT2D eigenvalue weighted by Gasteiger charge is 2.70. The zero-order valence-corrected chi connectivity index (χ0v) is 16.0. The Morgan fingerprint density at radius 1 is 1.19 bits per heavy atom. The molecule has 1 aliphatic heterocycles. The molecule has 1 aromatic carbocycles. The van der Waals surface area contributed by atoms with Crippen LogP contribution in [0.5, 0.6) is 0 Å². The molecule has 0 aromatic heterocycles. The van der Waals surface area contributed by atoms with E-state index < -0.39 is 29.0 Å². The van der Waals surface area contributed by atoms with E-state index >= 15 is 0 Å². The van der Waals surface area contributed by atoms with Crippen molar-refractivity contribution >= 4 is 12.2 Å². The van der Waals surface area contributed by atoms with E-state index in [-0.39, 0.29) is 5.92 Å². The van der Waals surface area contributed by atoms with E-state index in [1.54, 1.807) is 12.1 Å². The summed E-state index contributed by atoms with van der Waals surface area (Å²) in [7, 11) is 1.28. The average molecular weight is 361 g/mol. The molecule has 142 valence electrons. The predicted octanol–water partition coefficient (Wildman–Crippen LogP) is 2.87. The van der Waals surface area contributed by atoms with E-state index in [4.69, 9.17) is 14.2 Å². The molecule has 0 bridgehead atoms. The Morgan fingerprint density at radius 2 is 1.73 bits per heavy atom. The summed E-state index contributed by atoms with van der Waals surface area (Å²) in [5.74, 6) is -2.01. The maximum Gasteiger partial charge on any atom is 0.382 e. The van der Waals surface area contributed by atoms with Gasteiger partial charge >= 0.3 is 12.0 Å². The Labute approximate surface area is 154 Å². The molecule has 1 atom stereocenters. The monoisotopic (exact) mass is 361 g/mol. The van der Waals surface area contributed by atoms with Crippen molar-refractivity contribution in [3.63, 3.8) is 0 Å². The van der Waals surface area contributed by atoms with Crippen LogP contribution in [-0.2, 0) is 19.0 Å². The third kappa shape index (κ3) is 3.12. The van der Waals surface area contributed by atoms with Crippen molar-refractivity contribution in [3.05, 3.63) is 41.1 Å². The van der Waals surface area contributed by atoms with Crippen LogP contribution in [0.1, 0.15) is 46.1 Å². The van der Waals surface area contributed by atoms with Gasteiger partial charge in [-0.3, -0.25) is 0 Å². The van der Waals surface area contributed by atoms with Crippen LogP contribution in [0.3, 0.4) is 0 Å². The standard InChI is InChI=1S/C20H27NO5/c1-18(2)19(3,4)26-20(25-18,15-11-12-15)16(17(22)24-5)21(23)13-14-9-7-6-8-10-14/h6-10,13,15-16H,11-12H2,1-5H3/b21-13-/t16-/m0/s1. The van der Waals surface area contributed by atoms with Crippen LogP contribution in [-0.4, -0.2) is 47.1 Å². The molecule has 1 aliphatic carbocycles. The van der Waals surface area contributed by atoms with Crippen LogP contribution in [0, 0.1) is 11.1 Å². The molecular formula is C20H27NO5. The van der Waals surface area contributed by atoms with Gasteiger partial charge in [0.15, 0.2) is 6.21 Å². The fraction of sp³-hybridized carbons (Fsp3) is 0.600. The van der Waals surface area contributed by atoms with Gasteiger partial charge in [-0.2, -0.15) is 4.74 Å². The molecule has 1 aromatic rings. The fourth-order valence-corrected chi connectivity index (χ4v) is 3.37. The molecule has 6 heteroatoms. The first kappa shape index (κ1) is 18.9. The van der Waals surface area contributed by atoms with Crippen molar-refractivity contribution in [1.82, 2.24) is 0 Å². The number of carbonyl (C=O) groups is 1. The molecule has 1 saturated heterocycles. The van der Waals surface area contributed by atoms with Gasteiger partial charge in [0.05, 0.1) is 18.3 Å². The van der Waals surface area contributed by atoms with Crippen LogP contribution in [0.2, 0.25) is 0 Å². The normalized spacial score (nSPS) is 24.9. The summed E-state index contributed by atoms with van der Waals surface area (Å²) in [5, 5.41) is 13.1. The fourth-order valence-electron chi connectivity index (χ4n) is 3.37. The topological polar surface area (TPSA) is 70.8 Å². The van der Waals surface area contributed by atoms with Crippen molar-refractivity contribution in [2.45, 2.75) is 63.6 Å². The number of hydrogen-bond donors (Lipinski definition) is 0.